The van der Waals surface area contributed by atoms with Crippen molar-refractivity contribution in [1.82, 2.24) is 4.90 Å². The number of amides is 2. The maximum atomic E-state index is 13.2. The molecule has 0 aliphatic carbocycles. The van der Waals surface area contributed by atoms with Crippen LogP contribution in [-0.2, 0) is 11.3 Å². The highest BCUT2D eigenvalue weighted by Gasteiger charge is 2.20. The van der Waals surface area contributed by atoms with E-state index in [2.05, 4.69) is 6.92 Å². The Hall–Kier alpha value is -2.82. The van der Waals surface area contributed by atoms with E-state index in [9.17, 15) is 9.59 Å². The van der Waals surface area contributed by atoms with Crippen molar-refractivity contribution in [3.63, 3.8) is 0 Å². The SMILES string of the molecule is CCCCCOc1ccccc1C(=O)N(CCC(N)=O)Cc1ccccc1. The molecule has 0 saturated heterocycles. The van der Waals surface area contributed by atoms with Gasteiger partial charge in [-0.2, -0.15) is 0 Å². The van der Waals surface area contributed by atoms with Gasteiger partial charge in [-0.25, -0.2) is 0 Å². The van der Waals surface area contributed by atoms with Gasteiger partial charge in [0.15, 0.2) is 0 Å². The molecule has 2 N–H and O–H groups in total. The first-order valence-corrected chi connectivity index (χ1v) is 9.45. The molecule has 0 saturated carbocycles. The predicted molar refractivity (Wildman–Crippen MR) is 106 cm³/mol. The second-order valence-corrected chi connectivity index (χ2v) is 6.48. The Balaban J connectivity index is 2.16. The van der Waals surface area contributed by atoms with Gasteiger partial charge in [0.25, 0.3) is 5.91 Å². The molecule has 0 aliphatic heterocycles. The molecule has 2 aromatic carbocycles. The summed E-state index contributed by atoms with van der Waals surface area (Å²) in [6.07, 6.45) is 3.28. The lowest BCUT2D eigenvalue weighted by Gasteiger charge is -2.23. The fraction of sp³-hybridized carbons (Fsp3) is 0.364. The summed E-state index contributed by atoms with van der Waals surface area (Å²) < 4.78 is 5.85. The van der Waals surface area contributed by atoms with Gasteiger partial charge >= 0.3 is 0 Å². The second kappa shape index (κ2) is 11.0. The summed E-state index contributed by atoms with van der Waals surface area (Å²) in [6, 6.07) is 17.0. The lowest BCUT2D eigenvalue weighted by molar-refractivity contribution is -0.118. The Labute approximate surface area is 161 Å². The summed E-state index contributed by atoms with van der Waals surface area (Å²) >= 11 is 0. The second-order valence-electron chi connectivity index (χ2n) is 6.48. The fourth-order valence-electron chi connectivity index (χ4n) is 2.78. The van der Waals surface area contributed by atoms with E-state index in [1.54, 1.807) is 11.0 Å². The average molecular weight is 368 g/mol. The number of hydrogen-bond donors (Lipinski definition) is 1. The van der Waals surface area contributed by atoms with Crippen LogP contribution in [-0.4, -0.2) is 29.9 Å². The van der Waals surface area contributed by atoms with Gasteiger partial charge in [0.1, 0.15) is 5.75 Å². The summed E-state index contributed by atoms with van der Waals surface area (Å²) in [5.74, 6) is -0.00750. The van der Waals surface area contributed by atoms with Gasteiger partial charge in [0.05, 0.1) is 12.2 Å². The summed E-state index contributed by atoms with van der Waals surface area (Å²) in [6.45, 7) is 3.40. The Kier molecular flexibility index (Phi) is 8.36. The Morgan fingerprint density at radius 2 is 1.70 bits per heavy atom. The number of rotatable bonds is 11. The van der Waals surface area contributed by atoms with Gasteiger partial charge in [-0.15, -0.1) is 0 Å². The summed E-state index contributed by atoms with van der Waals surface area (Å²) in [7, 11) is 0. The van der Waals surface area contributed by atoms with Crippen LogP contribution in [0.4, 0.5) is 0 Å². The highest BCUT2D eigenvalue weighted by molar-refractivity contribution is 5.97. The molecular weight excluding hydrogens is 340 g/mol. The lowest BCUT2D eigenvalue weighted by Crippen LogP contribution is -2.34. The number of benzene rings is 2. The van der Waals surface area contributed by atoms with Crippen LogP contribution in [0.2, 0.25) is 0 Å². The molecule has 5 heteroatoms. The molecule has 2 aromatic rings. The zero-order chi connectivity index (χ0) is 19.5. The van der Waals surface area contributed by atoms with Crippen LogP contribution in [0, 0.1) is 0 Å². The number of carbonyl (C=O) groups excluding carboxylic acids is 2. The predicted octanol–water partition coefficient (Wildman–Crippen LogP) is 3.77. The van der Waals surface area contributed by atoms with E-state index in [0.29, 0.717) is 24.5 Å². The van der Waals surface area contributed by atoms with E-state index < -0.39 is 5.91 Å². The van der Waals surface area contributed by atoms with Crippen molar-refractivity contribution in [1.29, 1.82) is 0 Å². The third-order valence-electron chi connectivity index (χ3n) is 4.25. The number of unbranched alkanes of at least 4 members (excludes halogenated alkanes) is 2. The van der Waals surface area contributed by atoms with E-state index >= 15 is 0 Å². The van der Waals surface area contributed by atoms with Gasteiger partial charge in [0, 0.05) is 19.5 Å². The third-order valence-corrected chi connectivity index (χ3v) is 4.25. The molecule has 0 heterocycles. The largest absolute Gasteiger partial charge is 0.493 e. The van der Waals surface area contributed by atoms with E-state index in [1.807, 2.05) is 48.5 Å². The van der Waals surface area contributed by atoms with Gasteiger partial charge in [-0.1, -0.05) is 62.2 Å². The molecule has 0 fully saturated rings. The number of nitrogens with two attached hydrogens (primary N) is 1. The molecule has 5 nitrogen and oxygen atoms in total. The molecule has 0 atom stereocenters. The first-order valence-electron chi connectivity index (χ1n) is 9.45. The normalized spacial score (nSPS) is 10.4. The van der Waals surface area contributed by atoms with Gasteiger partial charge in [0.2, 0.25) is 5.91 Å². The van der Waals surface area contributed by atoms with E-state index in [1.165, 1.54) is 0 Å². The van der Waals surface area contributed by atoms with Crippen molar-refractivity contribution in [3.8, 4) is 5.75 Å². The number of hydrogen-bond acceptors (Lipinski definition) is 3. The van der Waals surface area contributed by atoms with Crippen LogP contribution in [0.5, 0.6) is 5.75 Å². The summed E-state index contributed by atoms with van der Waals surface area (Å²) in [5, 5.41) is 0. The quantitative estimate of drug-likeness (QED) is 0.614. The van der Waals surface area contributed by atoms with Crippen LogP contribution in [0.3, 0.4) is 0 Å². The van der Waals surface area contributed by atoms with Crippen LogP contribution < -0.4 is 10.5 Å². The minimum atomic E-state index is -0.426. The van der Waals surface area contributed by atoms with Crippen molar-refractivity contribution in [2.24, 2.45) is 5.73 Å². The number of carbonyl (C=O) groups is 2. The minimum Gasteiger partial charge on any atom is -0.493 e. The average Bonchev–Trinajstić information content (AvgIpc) is 2.69. The molecule has 0 aromatic heterocycles. The Bertz CT molecular complexity index is 731. The topological polar surface area (TPSA) is 72.6 Å². The first kappa shape index (κ1) is 20.5. The van der Waals surface area contributed by atoms with Crippen LogP contribution in [0.1, 0.15) is 48.5 Å². The lowest BCUT2D eigenvalue weighted by atomic mass is 10.1. The Morgan fingerprint density at radius 3 is 2.41 bits per heavy atom. The number of primary amides is 1. The third kappa shape index (κ3) is 6.77. The van der Waals surface area contributed by atoms with Gasteiger partial charge in [-0.05, 0) is 24.1 Å². The van der Waals surface area contributed by atoms with Crippen LogP contribution in [0.15, 0.2) is 54.6 Å². The van der Waals surface area contributed by atoms with Crippen LogP contribution >= 0.6 is 0 Å². The van der Waals surface area contributed by atoms with Crippen molar-refractivity contribution in [2.75, 3.05) is 13.2 Å². The van der Waals surface area contributed by atoms with Crippen molar-refractivity contribution >= 4 is 11.8 Å². The maximum Gasteiger partial charge on any atom is 0.257 e. The molecule has 0 radical (unpaired) electrons. The molecule has 0 unspecified atom stereocenters. The first-order chi connectivity index (χ1) is 13.1. The Morgan fingerprint density at radius 1 is 1.00 bits per heavy atom. The molecule has 2 amide bonds. The van der Waals surface area contributed by atoms with Gasteiger partial charge in [-0.3, -0.25) is 9.59 Å². The zero-order valence-corrected chi connectivity index (χ0v) is 15.9. The number of ether oxygens (including phenoxy) is 1. The smallest absolute Gasteiger partial charge is 0.257 e. The van der Waals surface area contributed by atoms with Crippen molar-refractivity contribution in [2.45, 2.75) is 39.2 Å². The summed E-state index contributed by atoms with van der Waals surface area (Å²) in [5.41, 5.74) is 6.80. The molecular formula is C22H28N2O3. The molecule has 0 spiro atoms. The maximum absolute atomic E-state index is 13.2. The number of nitrogens with zero attached hydrogens (tertiary/aromatic N) is 1. The molecule has 144 valence electrons. The van der Waals surface area contributed by atoms with Crippen molar-refractivity contribution in [3.05, 3.63) is 65.7 Å². The molecule has 0 aliphatic rings. The summed E-state index contributed by atoms with van der Waals surface area (Å²) in [4.78, 5) is 26.1. The number of para-hydroxylation sites is 1. The van der Waals surface area contributed by atoms with E-state index in [-0.39, 0.29) is 18.9 Å². The van der Waals surface area contributed by atoms with Gasteiger partial charge < -0.3 is 15.4 Å². The minimum absolute atomic E-state index is 0.123. The molecule has 2 rings (SSSR count). The molecule has 0 bridgehead atoms. The standard InChI is InChI=1S/C22H28N2O3/c1-2-3-9-16-27-20-13-8-7-12-19(20)22(26)24(15-14-21(23)25)17-18-10-5-4-6-11-18/h4-8,10-13H,2-3,9,14-17H2,1H3,(H2,23,25). The zero-order valence-electron chi connectivity index (χ0n) is 15.9. The monoisotopic (exact) mass is 368 g/mol. The van der Waals surface area contributed by atoms with Crippen molar-refractivity contribution < 1.29 is 14.3 Å². The fourth-order valence-corrected chi connectivity index (χ4v) is 2.78. The van der Waals surface area contributed by atoms with E-state index in [4.69, 9.17) is 10.5 Å². The van der Waals surface area contributed by atoms with E-state index in [0.717, 1.165) is 24.8 Å². The highest BCUT2D eigenvalue weighted by atomic mass is 16.5. The highest BCUT2D eigenvalue weighted by Crippen LogP contribution is 2.21. The molecule has 27 heavy (non-hydrogen) atoms. The van der Waals surface area contributed by atoms with Crippen LogP contribution in [0.25, 0.3) is 0 Å².